The summed E-state index contributed by atoms with van der Waals surface area (Å²) in [7, 11) is 1.93. The number of rotatable bonds is 8. The van der Waals surface area contributed by atoms with Crippen molar-refractivity contribution < 1.29 is 0 Å². The SMILES string of the molecule is C=N/C=C\C(=NCc1ccc(Nc2ccnc3cc(Cl)ccc23)cc1)NCC.CC.CCNC. The molecule has 1 aromatic heterocycles. The highest BCUT2D eigenvalue weighted by Crippen LogP contribution is 2.27. The predicted octanol–water partition coefficient (Wildman–Crippen LogP) is 6.61. The van der Waals surface area contributed by atoms with Gasteiger partial charge in [0.25, 0.3) is 0 Å². The number of fused-ring (bicyclic) bond motifs is 1. The van der Waals surface area contributed by atoms with Crippen molar-refractivity contribution in [3.8, 4) is 0 Å². The van der Waals surface area contributed by atoms with Gasteiger partial charge in [-0.05, 0) is 75.3 Å². The molecule has 6 nitrogen and oxygen atoms in total. The first-order chi connectivity index (χ1) is 16.6. The van der Waals surface area contributed by atoms with Crippen molar-refractivity contribution in [1.82, 2.24) is 15.6 Å². The predicted molar refractivity (Wildman–Crippen MR) is 151 cm³/mol. The lowest BCUT2D eigenvalue weighted by Crippen LogP contribution is -2.20. The molecule has 0 aliphatic heterocycles. The average Bonchev–Trinajstić information content (AvgIpc) is 2.88. The number of halogens is 1. The minimum absolute atomic E-state index is 0.584. The average molecular weight is 481 g/mol. The fourth-order valence-electron chi connectivity index (χ4n) is 2.73. The van der Waals surface area contributed by atoms with Crippen molar-refractivity contribution in [3.05, 3.63) is 77.6 Å². The molecule has 0 aliphatic rings. The molecular weight excluding hydrogens is 444 g/mol. The van der Waals surface area contributed by atoms with Crippen molar-refractivity contribution in [1.29, 1.82) is 0 Å². The summed E-state index contributed by atoms with van der Waals surface area (Å²) in [5, 5.41) is 11.3. The Morgan fingerprint density at radius 2 is 1.76 bits per heavy atom. The molecule has 0 radical (unpaired) electrons. The summed E-state index contributed by atoms with van der Waals surface area (Å²) >= 11 is 6.06. The van der Waals surface area contributed by atoms with Crippen LogP contribution in [0.4, 0.5) is 11.4 Å². The van der Waals surface area contributed by atoms with Gasteiger partial charge in [0, 0.05) is 40.7 Å². The van der Waals surface area contributed by atoms with Crippen molar-refractivity contribution in [2.24, 2.45) is 9.98 Å². The third-order valence-electron chi connectivity index (χ3n) is 4.42. The van der Waals surface area contributed by atoms with Gasteiger partial charge >= 0.3 is 0 Å². The van der Waals surface area contributed by atoms with Crippen LogP contribution in [0.2, 0.25) is 5.02 Å². The molecule has 0 amide bonds. The largest absolute Gasteiger partial charge is 0.371 e. The van der Waals surface area contributed by atoms with Crippen LogP contribution in [-0.2, 0) is 6.54 Å². The maximum atomic E-state index is 6.06. The molecule has 0 fully saturated rings. The van der Waals surface area contributed by atoms with E-state index in [1.165, 1.54) is 0 Å². The number of benzene rings is 2. The molecule has 1 heterocycles. The van der Waals surface area contributed by atoms with Crippen molar-refractivity contribution in [3.63, 3.8) is 0 Å². The highest BCUT2D eigenvalue weighted by Gasteiger charge is 2.03. The van der Waals surface area contributed by atoms with E-state index in [0.717, 1.165) is 46.8 Å². The molecule has 0 aliphatic carbocycles. The van der Waals surface area contributed by atoms with Gasteiger partial charge in [-0.15, -0.1) is 0 Å². The van der Waals surface area contributed by atoms with Gasteiger partial charge in [0.2, 0.25) is 0 Å². The first-order valence-corrected chi connectivity index (χ1v) is 11.9. The second-order valence-electron chi connectivity index (χ2n) is 6.78. The van der Waals surface area contributed by atoms with Crippen LogP contribution in [0.1, 0.15) is 33.3 Å². The third-order valence-corrected chi connectivity index (χ3v) is 4.65. The first-order valence-electron chi connectivity index (χ1n) is 11.6. The van der Waals surface area contributed by atoms with Gasteiger partial charge in [-0.2, -0.15) is 0 Å². The van der Waals surface area contributed by atoms with Gasteiger partial charge in [-0.3, -0.25) is 15.0 Å². The Balaban J connectivity index is 0.000000872. The van der Waals surface area contributed by atoms with Gasteiger partial charge in [0.05, 0.1) is 12.1 Å². The molecule has 2 aromatic carbocycles. The lowest BCUT2D eigenvalue weighted by Gasteiger charge is -2.10. The second-order valence-corrected chi connectivity index (χ2v) is 7.22. The number of nitrogens with zero attached hydrogens (tertiary/aromatic N) is 3. The van der Waals surface area contributed by atoms with E-state index >= 15 is 0 Å². The summed E-state index contributed by atoms with van der Waals surface area (Å²) < 4.78 is 0. The van der Waals surface area contributed by atoms with Crippen LogP contribution >= 0.6 is 11.6 Å². The molecule has 0 atom stereocenters. The molecule has 34 heavy (non-hydrogen) atoms. The van der Waals surface area contributed by atoms with Crippen LogP contribution in [0, 0.1) is 0 Å². The van der Waals surface area contributed by atoms with E-state index in [1.807, 2.05) is 70.3 Å². The molecule has 0 unspecified atom stereocenters. The molecule has 0 bridgehead atoms. The van der Waals surface area contributed by atoms with Crippen molar-refractivity contribution in [2.45, 2.75) is 34.2 Å². The highest BCUT2D eigenvalue weighted by atomic mass is 35.5. The lowest BCUT2D eigenvalue weighted by atomic mass is 10.1. The molecular formula is C27H37ClN6. The first kappa shape index (κ1) is 28.8. The maximum absolute atomic E-state index is 6.06. The Morgan fingerprint density at radius 1 is 1.06 bits per heavy atom. The van der Waals surface area contributed by atoms with Crippen LogP contribution in [0.25, 0.3) is 10.9 Å². The van der Waals surface area contributed by atoms with Crippen molar-refractivity contribution in [2.75, 3.05) is 25.5 Å². The molecule has 3 aromatic rings. The van der Waals surface area contributed by atoms with E-state index in [4.69, 9.17) is 11.6 Å². The van der Waals surface area contributed by atoms with E-state index in [-0.39, 0.29) is 0 Å². The maximum Gasteiger partial charge on any atom is 0.122 e. The van der Waals surface area contributed by atoms with Gasteiger partial charge in [-0.1, -0.05) is 44.5 Å². The van der Waals surface area contributed by atoms with Crippen LogP contribution in [0.5, 0.6) is 0 Å². The molecule has 3 rings (SSSR count). The molecule has 0 saturated heterocycles. The monoisotopic (exact) mass is 480 g/mol. The topological polar surface area (TPSA) is 73.7 Å². The van der Waals surface area contributed by atoms with Gasteiger partial charge < -0.3 is 16.0 Å². The van der Waals surface area contributed by atoms with Gasteiger partial charge in [0.1, 0.15) is 5.84 Å². The van der Waals surface area contributed by atoms with E-state index in [1.54, 1.807) is 12.4 Å². The molecule has 7 heteroatoms. The zero-order valence-electron chi connectivity index (χ0n) is 20.9. The number of likely N-dealkylation sites (N-methyl/N-ethyl adjacent to an activating group) is 1. The fraction of sp³-hybridized carbons (Fsp3) is 0.296. The molecule has 0 spiro atoms. The molecule has 0 saturated carbocycles. The minimum Gasteiger partial charge on any atom is -0.371 e. The summed E-state index contributed by atoms with van der Waals surface area (Å²) in [6.45, 7) is 14.0. The number of pyridine rings is 1. The Kier molecular flexibility index (Phi) is 14.6. The number of aliphatic imine (C=N–C) groups is 2. The number of hydrogen-bond acceptors (Lipinski definition) is 5. The number of hydrogen-bond donors (Lipinski definition) is 3. The third kappa shape index (κ3) is 10.1. The zero-order chi connectivity index (χ0) is 25.2. The number of anilines is 2. The fourth-order valence-corrected chi connectivity index (χ4v) is 2.89. The van der Waals surface area contributed by atoms with E-state index in [9.17, 15) is 0 Å². The lowest BCUT2D eigenvalue weighted by molar-refractivity contribution is 0.864. The zero-order valence-corrected chi connectivity index (χ0v) is 21.7. The van der Waals surface area contributed by atoms with E-state index in [0.29, 0.717) is 11.6 Å². The summed E-state index contributed by atoms with van der Waals surface area (Å²) in [6.07, 6.45) is 5.21. The second kappa shape index (κ2) is 17.3. The Labute approximate surface area is 209 Å². The van der Waals surface area contributed by atoms with E-state index in [2.05, 4.69) is 56.7 Å². The molecule has 182 valence electrons. The van der Waals surface area contributed by atoms with Gasteiger partial charge in [0.15, 0.2) is 0 Å². The normalized spacial score (nSPS) is 10.7. The van der Waals surface area contributed by atoms with Crippen LogP contribution < -0.4 is 16.0 Å². The summed E-state index contributed by atoms with van der Waals surface area (Å²) in [5.41, 5.74) is 3.97. The Bertz CT molecular complexity index is 1040. The van der Waals surface area contributed by atoms with Crippen LogP contribution in [-0.4, -0.2) is 37.7 Å². The van der Waals surface area contributed by atoms with Gasteiger partial charge in [-0.25, -0.2) is 0 Å². The summed E-state index contributed by atoms with van der Waals surface area (Å²) in [5.74, 6) is 0.791. The molecule has 3 N–H and O–H groups in total. The van der Waals surface area contributed by atoms with Crippen LogP contribution in [0.3, 0.4) is 0 Å². The van der Waals surface area contributed by atoms with E-state index < -0.39 is 0 Å². The number of aromatic nitrogens is 1. The summed E-state index contributed by atoms with van der Waals surface area (Å²) in [6, 6.07) is 15.9. The highest BCUT2D eigenvalue weighted by molar-refractivity contribution is 6.31. The van der Waals surface area contributed by atoms with Crippen molar-refractivity contribution >= 4 is 46.4 Å². The standard InChI is InChI=1S/C22H22ClN5.C3H9N.C2H6/c1-3-25-22(11-12-24-2)27-15-16-4-7-18(8-5-16)28-20-10-13-26-21-14-17(23)6-9-19(20)21;1-3-4-2;1-2/h4-14H,2-3,15H2,1H3,(H,25,27)(H,26,28);4H,3H2,1-2H3;1-2H3/b12-11-;;. The number of amidine groups is 1. The summed E-state index contributed by atoms with van der Waals surface area (Å²) in [4.78, 5) is 12.7. The smallest absolute Gasteiger partial charge is 0.122 e. The van der Waals surface area contributed by atoms with Crippen LogP contribution in [0.15, 0.2) is 77.0 Å². The Morgan fingerprint density at radius 3 is 2.38 bits per heavy atom. The minimum atomic E-state index is 0.584. The number of nitrogens with one attached hydrogen (secondary N) is 3. The quantitative estimate of drug-likeness (QED) is 0.250. The Hall–Kier alpha value is -3.22.